The fraction of sp³-hybridized carbons (Fsp3) is 0.190. The van der Waals surface area contributed by atoms with Crippen LogP contribution in [0.4, 0.5) is 10.2 Å². The average molecular weight is 446 g/mol. The second-order valence-electron chi connectivity index (χ2n) is 6.87. The normalized spacial score (nSPS) is 12.0. The van der Waals surface area contributed by atoms with Crippen LogP contribution in [-0.2, 0) is 11.2 Å². The topological polar surface area (TPSA) is 108 Å². The molecule has 0 unspecified atom stereocenters. The van der Waals surface area contributed by atoms with Crippen LogP contribution in [0.25, 0.3) is 22.4 Å². The smallest absolute Gasteiger partial charge is 0.242 e. The predicted octanol–water partition coefficient (Wildman–Crippen LogP) is 4.10. The van der Waals surface area contributed by atoms with Gasteiger partial charge in [0.1, 0.15) is 11.7 Å². The Morgan fingerprint density at radius 1 is 1.29 bits per heavy atom. The van der Waals surface area contributed by atoms with Crippen molar-refractivity contribution in [2.45, 2.75) is 19.4 Å². The first kappa shape index (κ1) is 20.7. The highest BCUT2D eigenvalue weighted by Gasteiger charge is 2.18. The number of hydrogen-bond donors (Lipinski definition) is 3. The average Bonchev–Trinajstić information content (AvgIpc) is 3.19. The van der Waals surface area contributed by atoms with Crippen LogP contribution in [0.1, 0.15) is 16.9 Å². The van der Waals surface area contributed by atoms with E-state index in [9.17, 15) is 9.18 Å². The molecule has 1 atom stereocenters. The van der Waals surface area contributed by atoms with E-state index in [1.807, 2.05) is 18.2 Å². The number of amides is 1. The second kappa shape index (κ2) is 9.05. The van der Waals surface area contributed by atoms with Crippen LogP contribution in [-0.4, -0.2) is 43.4 Å². The van der Waals surface area contributed by atoms with E-state index in [0.717, 1.165) is 11.9 Å². The SMILES string of the molecule is C[C@H](Nc1nc(-c2c[nH]c3ncc(Cl)cc23)ncc1F)C(=O)NCCc1ccccn1.[HH].[HH].[HH]. The summed E-state index contributed by atoms with van der Waals surface area (Å²) in [7, 11) is 0. The summed E-state index contributed by atoms with van der Waals surface area (Å²) in [4.78, 5) is 32.1. The van der Waals surface area contributed by atoms with Crippen molar-refractivity contribution in [2.24, 2.45) is 0 Å². The predicted molar refractivity (Wildman–Crippen MR) is 122 cm³/mol. The Labute approximate surface area is 186 Å². The molecule has 0 bridgehead atoms. The van der Waals surface area contributed by atoms with Crippen LogP contribution < -0.4 is 10.6 Å². The summed E-state index contributed by atoms with van der Waals surface area (Å²) in [5.74, 6) is -0.727. The van der Waals surface area contributed by atoms with Crippen molar-refractivity contribution in [3.8, 4) is 11.4 Å². The number of nitrogens with one attached hydrogen (secondary N) is 3. The van der Waals surface area contributed by atoms with Crippen molar-refractivity contribution in [1.29, 1.82) is 0 Å². The molecule has 0 aromatic carbocycles. The van der Waals surface area contributed by atoms with Crippen molar-refractivity contribution in [2.75, 3.05) is 11.9 Å². The molecule has 4 aromatic heterocycles. The first-order valence-corrected chi connectivity index (χ1v) is 9.99. The van der Waals surface area contributed by atoms with Crippen LogP contribution in [0.3, 0.4) is 0 Å². The fourth-order valence-electron chi connectivity index (χ4n) is 3.04. The maximum atomic E-state index is 14.3. The zero-order valence-electron chi connectivity index (χ0n) is 16.6. The molecule has 4 rings (SSSR count). The number of aromatic nitrogens is 5. The first-order valence-electron chi connectivity index (χ1n) is 9.61. The van der Waals surface area contributed by atoms with Gasteiger partial charge < -0.3 is 15.6 Å². The number of pyridine rings is 2. The fourth-order valence-corrected chi connectivity index (χ4v) is 3.20. The molecule has 4 aromatic rings. The summed E-state index contributed by atoms with van der Waals surface area (Å²) < 4.78 is 14.3. The van der Waals surface area contributed by atoms with E-state index in [2.05, 4.69) is 35.6 Å². The number of fused-ring (bicyclic) bond motifs is 1. The molecule has 4 heterocycles. The number of hydrogen-bond acceptors (Lipinski definition) is 6. The molecule has 0 aliphatic carbocycles. The lowest BCUT2D eigenvalue weighted by molar-refractivity contribution is -0.121. The van der Waals surface area contributed by atoms with E-state index in [1.54, 1.807) is 25.4 Å². The summed E-state index contributed by atoms with van der Waals surface area (Å²) in [6, 6.07) is 6.63. The first-order chi connectivity index (χ1) is 15.0. The molecule has 0 spiro atoms. The molecule has 0 radical (unpaired) electrons. The zero-order chi connectivity index (χ0) is 21.8. The van der Waals surface area contributed by atoms with Gasteiger partial charge in [-0.3, -0.25) is 9.78 Å². The lowest BCUT2D eigenvalue weighted by atomic mass is 10.2. The van der Waals surface area contributed by atoms with Gasteiger partial charge in [-0.1, -0.05) is 17.7 Å². The lowest BCUT2D eigenvalue weighted by Crippen LogP contribution is -2.39. The van der Waals surface area contributed by atoms with Gasteiger partial charge in [-0.2, -0.15) is 0 Å². The third kappa shape index (κ3) is 4.77. The van der Waals surface area contributed by atoms with Crippen molar-refractivity contribution in [3.63, 3.8) is 0 Å². The van der Waals surface area contributed by atoms with Gasteiger partial charge in [0.25, 0.3) is 0 Å². The summed E-state index contributed by atoms with van der Waals surface area (Å²) in [5, 5.41) is 6.80. The minimum atomic E-state index is -0.708. The molecule has 0 aliphatic heterocycles. The maximum Gasteiger partial charge on any atom is 0.242 e. The summed E-state index contributed by atoms with van der Waals surface area (Å²) in [6.07, 6.45) is 6.57. The molecule has 3 N–H and O–H groups in total. The molecule has 0 saturated heterocycles. The molecule has 164 valence electrons. The summed E-state index contributed by atoms with van der Waals surface area (Å²) in [5.41, 5.74) is 2.12. The Morgan fingerprint density at radius 3 is 2.97 bits per heavy atom. The van der Waals surface area contributed by atoms with E-state index in [-0.39, 0.29) is 21.8 Å². The van der Waals surface area contributed by atoms with Crippen molar-refractivity contribution in [3.05, 3.63) is 65.6 Å². The lowest BCUT2D eigenvalue weighted by Gasteiger charge is -2.15. The Bertz CT molecular complexity index is 1230. The van der Waals surface area contributed by atoms with Crippen LogP contribution >= 0.6 is 11.6 Å². The molecule has 8 nitrogen and oxygen atoms in total. The number of aromatic amines is 1. The van der Waals surface area contributed by atoms with Gasteiger partial charge in [-0.25, -0.2) is 19.3 Å². The highest BCUT2D eigenvalue weighted by atomic mass is 35.5. The van der Waals surface area contributed by atoms with Crippen molar-refractivity contribution in [1.82, 2.24) is 30.2 Å². The molecular weight excluding hydrogens is 421 g/mol. The monoisotopic (exact) mass is 445 g/mol. The molecular formula is C21H25ClFN7O. The van der Waals surface area contributed by atoms with Gasteiger partial charge in [0.05, 0.1) is 11.2 Å². The van der Waals surface area contributed by atoms with E-state index < -0.39 is 11.9 Å². The maximum absolute atomic E-state index is 14.3. The highest BCUT2D eigenvalue weighted by Crippen LogP contribution is 2.28. The third-order valence-electron chi connectivity index (χ3n) is 4.64. The Balaban J connectivity index is 0.00000193. The number of carbonyl (C=O) groups is 1. The second-order valence-corrected chi connectivity index (χ2v) is 7.31. The Kier molecular flexibility index (Phi) is 6.03. The van der Waals surface area contributed by atoms with Crippen LogP contribution in [0.5, 0.6) is 0 Å². The van der Waals surface area contributed by atoms with E-state index in [0.29, 0.717) is 34.6 Å². The van der Waals surface area contributed by atoms with Gasteiger partial charge in [-0.05, 0) is 25.1 Å². The van der Waals surface area contributed by atoms with E-state index in [1.165, 1.54) is 6.20 Å². The molecule has 1 amide bonds. The molecule has 31 heavy (non-hydrogen) atoms. The highest BCUT2D eigenvalue weighted by molar-refractivity contribution is 6.31. The van der Waals surface area contributed by atoms with Gasteiger partial charge in [0, 0.05) is 52.5 Å². The van der Waals surface area contributed by atoms with Gasteiger partial charge in [0.2, 0.25) is 5.91 Å². The minimum Gasteiger partial charge on any atom is -0.356 e. The molecule has 0 saturated carbocycles. The number of anilines is 1. The quantitative estimate of drug-likeness (QED) is 0.395. The molecule has 0 aliphatic rings. The summed E-state index contributed by atoms with van der Waals surface area (Å²) in [6.45, 7) is 2.05. The Morgan fingerprint density at radius 2 is 2.16 bits per heavy atom. The zero-order valence-corrected chi connectivity index (χ0v) is 17.3. The number of rotatable bonds is 7. The number of carbonyl (C=O) groups excluding carboxylic acids is 1. The van der Waals surface area contributed by atoms with Gasteiger partial charge >= 0.3 is 0 Å². The third-order valence-corrected chi connectivity index (χ3v) is 4.84. The minimum absolute atomic E-state index is 0. The number of halogens is 2. The van der Waals surface area contributed by atoms with Crippen molar-refractivity contribution >= 4 is 34.4 Å². The molecule has 10 heteroatoms. The van der Waals surface area contributed by atoms with Crippen LogP contribution in [0, 0.1) is 5.82 Å². The van der Waals surface area contributed by atoms with Gasteiger partial charge in [0.15, 0.2) is 17.5 Å². The Hall–Kier alpha value is -3.59. The summed E-state index contributed by atoms with van der Waals surface area (Å²) >= 11 is 6.04. The number of nitrogens with zero attached hydrogens (tertiary/aromatic N) is 4. The largest absolute Gasteiger partial charge is 0.356 e. The standard InChI is InChI=1S/C21H19ClFN7O.3H2/c1-12(21(31)25-7-5-14-4-2-3-6-24-14)29-20-17(23)11-28-19(30-20)16-10-27-18-15(16)8-13(22)9-26-18;;;/h2-4,6,8-12H,5,7H2,1H3,(H,25,31)(H,26,27)(H,28,29,30);3*1H/t12-;;;/m0.../s1. The van der Waals surface area contributed by atoms with E-state index >= 15 is 0 Å². The van der Waals surface area contributed by atoms with Gasteiger partial charge in [-0.15, -0.1) is 0 Å². The van der Waals surface area contributed by atoms with Crippen LogP contribution in [0.2, 0.25) is 5.02 Å². The van der Waals surface area contributed by atoms with Crippen LogP contribution in [0.15, 0.2) is 49.1 Å². The van der Waals surface area contributed by atoms with E-state index in [4.69, 9.17) is 11.6 Å². The number of H-pyrrole nitrogens is 1. The van der Waals surface area contributed by atoms with Crippen molar-refractivity contribution < 1.29 is 13.5 Å². The molecule has 0 fully saturated rings.